The number of phosphoric acid groups is 1. The van der Waals surface area contributed by atoms with Crippen molar-refractivity contribution in [3.63, 3.8) is 0 Å². The zero-order valence-electron chi connectivity index (χ0n) is 16.9. The predicted molar refractivity (Wildman–Crippen MR) is 112 cm³/mol. The third-order valence-corrected chi connectivity index (χ3v) is 4.56. The lowest BCUT2D eigenvalue weighted by Crippen LogP contribution is -2.26. The Hall–Kier alpha value is -1.90. The van der Waals surface area contributed by atoms with Crippen molar-refractivity contribution >= 4 is 30.5 Å². The van der Waals surface area contributed by atoms with E-state index < -0.39 is 13.9 Å². The number of aromatic nitrogens is 1. The van der Waals surface area contributed by atoms with Crippen LogP contribution in [-0.2, 0) is 22.1 Å². The number of rotatable bonds is 5. The summed E-state index contributed by atoms with van der Waals surface area (Å²) in [4.78, 5) is 36.9. The van der Waals surface area contributed by atoms with Crippen LogP contribution in [0.2, 0.25) is 0 Å². The molecule has 162 valence electrons. The lowest BCUT2D eigenvalue weighted by atomic mass is 9.86. The van der Waals surface area contributed by atoms with Crippen LogP contribution < -0.4 is 10.6 Å². The summed E-state index contributed by atoms with van der Waals surface area (Å²) in [7, 11) is -4.64. The van der Waals surface area contributed by atoms with E-state index in [1.165, 1.54) is 23.1 Å². The number of amides is 1. The maximum Gasteiger partial charge on any atom is 0.466 e. The highest BCUT2D eigenvalue weighted by atomic mass is 31.2. The fourth-order valence-electron chi connectivity index (χ4n) is 3.45. The van der Waals surface area contributed by atoms with Gasteiger partial charge < -0.3 is 29.7 Å². The van der Waals surface area contributed by atoms with Crippen LogP contribution in [0.4, 0.5) is 10.5 Å². The number of ether oxygens (including phenoxy) is 1. The second-order valence-electron chi connectivity index (χ2n) is 7.35. The van der Waals surface area contributed by atoms with Gasteiger partial charge in [0.1, 0.15) is 0 Å². The fraction of sp³-hybridized carbons (Fsp3) is 0.526. The molecule has 0 aliphatic heterocycles. The quantitative estimate of drug-likeness (QED) is 0.403. The van der Waals surface area contributed by atoms with E-state index in [4.69, 9.17) is 24.0 Å². The van der Waals surface area contributed by atoms with Gasteiger partial charge in [0.25, 0.3) is 0 Å². The van der Waals surface area contributed by atoms with Crippen LogP contribution in [-0.4, -0.2) is 45.0 Å². The number of carbonyl (C=O) groups is 1. The number of benzene rings is 1. The van der Waals surface area contributed by atoms with Crippen LogP contribution in [0.25, 0.3) is 10.9 Å². The zero-order valence-corrected chi connectivity index (χ0v) is 17.8. The molecular formula is C19H30N3O6P. The molecule has 6 N–H and O–H groups in total. The second kappa shape index (κ2) is 10.2. The normalized spacial score (nSPS) is 16.2. The first-order valence-electron chi connectivity index (χ1n) is 9.67. The summed E-state index contributed by atoms with van der Waals surface area (Å²) in [5, 5.41) is 7.50. The molecule has 1 aromatic heterocycles. The number of H-pyrrole nitrogens is 1. The molecule has 1 unspecified atom stereocenters. The minimum atomic E-state index is -4.64. The maximum absolute atomic E-state index is 11.8. The Balaban J connectivity index is 0.000000537. The third kappa shape index (κ3) is 7.79. The minimum absolute atomic E-state index is 0.124. The molecule has 0 saturated heterocycles. The monoisotopic (exact) mass is 427 g/mol. The summed E-state index contributed by atoms with van der Waals surface area (Å²) in [6.07, 6.45) is 2.87. The van der Waals surface area contributed by atoms with Gasteiger partial charge in [0.2, 0.25) is 0 Å². The van der Waals surface area contributed by atoms with E-state index in [2.05, 4.69) is 28.6 Å². The number of aromatic amines is 1. The van der Waals surface area contributed by atoms with Crippen LogP contribution in [0.3, 0.4) is 0 Å². The summed E-state index contributed by atoms with van der Waals surface area (Å²) in [6, 6.07) is 6.02. The van der Waals surface area contributed by atoms with E-state index in [9.17, 15) is 4.79 Å². The van der Waals surface area contributed by atoms with Crippen LogP contribution >= 0.6 is 7.82 Å². The summed E-state index contributed by atoms with van der Waals surface area (Å²) < 4.78 is 14.0. The van der Waals surface area contributed by atoms with Crippen LogP contribution in [0.1, 0.15) is 38.4 Å². The van der Waals surface area contributed by atoms with E-state index >= 15 is 0 Å². The number of nitrogens with one attached hydrogen (secondary N) is 3. The minimum Gasteiger partial charge on any atom is -0.447 e. The van der Waals surface area contributed by atoms with Gasteiger partial charge in [0.15, 0.2) is 0 Å². The van der Waals surface area contributed by atoms with Crippen molar-refractivity contribution in [3.8, 4) is 0 Å². The van der Waals surface area contributed by atoms with Crippen molar-refractivity contribution in [1.82, 2.24) is 10.3 Å². The Morgan fingerprint density at radius 2 is 2.03 bits per heavy atom. The Bertz CT molecular complexity index is 868. The molecule has 0 bridgehead atoms. The van der Waals surface area contributed by atoms with Crippen molar-refractivity contribution in [1.29, 1.82) is 0 Å². The number of carbonyl (C=O) groups excluding carboxylic acids is 1. The molecule has 3 rings (SSSR count). The molecule has 1 aliphatic rings. The van der Waals surface area contributed by atoms with Gasteiger partial charge in [-0.15, -0.1) is 0 Å². The van der Waals surface area contributed by atoms with Crippen LogP contribution in [0.15, 0.2) is 18.2 Å². The van der Waals surface area contributed by atoms with Gasteiger partial charge in [-0.05, 0) is 75.9 Å². The highest BCUT2D eigenvalue weighted by molar-refractivity contribution is 7.45. The van der Waals surface area contributed by atoms with Gasteiger partial charge in [-0.25, -0.2) is 9.36 Å². The number of aryl methyl sites for hydroxylation is 1. The van der Waals surface area contributed by atoms with Crippen LogP contribution in [0, 0.1) is 5.92 Å². The molecule has 10 heteroatoms. The molecule has 29 heavy (non-hydrogen) atoms. The Morgan fingerprint density at radius 3 is 2.66 bits per heavy atom. The topological polar surface area (TPSA) is 144 Å². The molecule has 1 heterocycles. The van der Waals surface area contributed by atoms with Gasteiger partial charge >= 0.3 is 13.9 Å². The van der Waals surface area contributed by atoms with Gasteiger partial charge in [-0.3, -0.25) is 5.32 Å². The first-order chi connectivity index (χ1) is 13.6. The van der Waals surface area contributed by atoms with E-state index in [-0.39, 0.29) is 6.10 Å². The van der Waals surface area contributed by atoms with E-state index in [0.29, 0.717) is 5.92 Å². The van der Waals surface area contributed by atoms with Crippen molar-refractivity contribution in [2.45, 2.75) is 46.1 Å². The highest BCUT2D eigenvalue weighted by Gasteiger charge is 2.22. The van der Waals surface area contributed by atoms with Crippen molar-refractivity contribution < 1.29 is 28.8 Å². The summed E-state index contributed by atoms with van der Waals surface area (Å²) in [5.41, 5.74) is 4.68. The molecule has 9 nitrogen and oxygen atoms in total. The van der Waals surface area contributed by atoms with E-state index in [1.54, 1.807) is 0 Å². The predicted octanol–water partition coefficient (Wildman–Crippen LogP) is 2.91. The van der Waals surface area contributed by atoms with Crippen molar-refractivity contribution in [2.75, 3.05) is 18.4 Å². The summed E-state index contributed by atoms with van der Waals surface area (Å²) in [6.45, 7) is 7.92. The molecule has 1 atom stereocenters. The molecule has 1 aromatic carbocycles. The fourth-order valence-corrected chi connectivity index (χ4v) is 3.45. The number of hydrogen-bond acceptors (Lipinski definition) is 4. The Morgan fingerprint density at radius 1 is 1.34 bits per heavy atom. The molecule has 2 aromatic rings. The van der Waals surface area contributed by atoms with Gasteiger partial charge in [0, 0.05) is 22.3 Å². The van der Waals surface area contributed by atoms with Crippen LogP contribution in [0.5, 0.6) is 0 Å². The molecule has 1 amide bonds. The highest BCUT2D eigenvalue weighted by Crippen LogP contribution is 2.33. The van der Waals surface area contributed by atoms with E-state index in [1.807, 2.05) is 26.0 Å². The Labute approximate surface area is 170 Å². The molecule has 1 aliphatic carbocycles. The van der Waals surface area contributed by atoms with Gasteiger partial charge in [-0.1, -0.05) is 6.92 Å². The second-order valence-corrected chi connectivity index (χ2v) is 8.38. The van der Waals surface area contributed by atoms with Gasteiger partial charge in [0.05, 0.1) is 6.10 Å². The Kier molecular flexibility index (Phi) is 8.24. The number of anilines is 1. The summed E-state index contributed by atoms with van der Waals surface area (Å²) >= 11 is 0. The SMILES string of the molecule is CCNCC1CCc2[nH]c3ccc(NC(=O)OC(C)C)cc3c2C1.O=P(O)(O)O. The summed E-state index contributed by atoms with van der Waals surface area (Å²) in [5.74, 6) is 0.680. The number of fused-ring (bicyclic) bond motifs is 3. The van der Waals surface area contributed by atoms with Gasteiger partial charge in [-0.2, -0.15) is 0 Å². The van der Waals surface area contributed by atoms with E-state index in [0.717, 1.165) is 37.1 Å². The largest absolute Gasteiger partial charge is 0.466 e. The first kappa shape index (κ1) is 23.4. The third-order valence-electron chi connectivity index (χ3n) is 4.56. The lowest BCUT2D eigenvalue weighted by Gasteiger charge is -2.22. The average molecular weight is 427 g/mol. The molecule has 0 radical (unpaired) electrons. The van der Waals surface area contributed by atoms with Crippen molar-refractivity contribution in [3.05, 3.63) is 29.5 Å². The molecule has 0 saturated carbocycles. The van der Waals surface area contributed by atoms with Crippen molar-refractivity contribution in [2.24, 2.45) is 5.92 Å². The lowest BCUT2D eigenvalue weighted by molar-refractivity contribution is 0.130. The molecular weight excluding hydrogens is 397 g/mol. The molecule has 0 spiro atoms. The average Bonchev–Trinajstić information content (AvgIpc) is 2.95. The maximum atomic E-state index is 11.8. The standard InChI is InChI=1S/C19H27N3O2.H3O4P/c1-4-20-11-13-5-7-17-15(9-13)16-10-14(6-8-18(16)22-17)21-19(23)24-12(2)3;1-5(2,3)4/h6,8,10,12-13,20,22H,4-5,7,9,11H2,1-3H3,(H,21,23);(H3,1,2,3,4). The number of hydrogen-bond donors (Lipinski definition) is 6. The molecule has 0 fully saturated rings. The smallest absolute Gasteiger partial charge is 0.447 e. The first-order valence-corrected chi connectivity index (χ1v) is 11.2. The zero-order chi connectivity index (χ0) is 21.6.